The number of nitrogens with zero attached hydrogens (tertiary/aromatic N) is 2. The fourth-order valence-corrected chi connectivity index (χ4v) is 10.3. The molecule has 11 rings (SSSR count). The van der Waals surface area contributed by atoms with Crippen molar-refractivity contribution in [1.29, 1.82) is 0 Å². The van der Waals surface area contributed by atoms with Crippen LogP contribution in [-0.2, 0) is 11.8 Å². The molecule has 0 spiro atoms. The summed E-state index contributed by atoms with van der Waals surface area (Å²) in [6.07, 6.45) is 12.6. The first kappa shape index (κ1) is 40.8. The second-order valence-electron chi connectivity index (χ2n) is 18.1. The number of hydrogen-bond donors (Lipinski definition) is 0. The monoisotopic (exact) mass is 848 g/mol. The Morgan fingerprint density at radius 2 is 1.11 bits per heavy atom. The summed E-state index contributed by atoms with van der Waals surface area (Å²) in [5, 5.41) is 1.30. The van der Waals surface area contributed by atoms with E-state index in [9.17, 15) is 0 Å². The van der Waals surface area contributed by atoms with E-state index in [1.54, 1.807) is 0 Å². The van der Waals surface area contributed by atoms with Gasteiger partial charge < -0.3 is 9.47 Å². The molecule has 0 amide bonds. The third-order valence-electron chi connectivity index (χ3n) is 13.8. The van der Waals surface area contributed by atoms with Gasteiger partial charge in [-0.25, -0.2) is 0 Å². The zero-order chi connectivity index (χ0) is 44.8. The molecule has 0 radical (unpaired) electrons. The van der Waals surface area contributed by atoms with Gasteiger partial charge in [-0.3, -0.25) is 0 Å². The topological polar surface area (TPSA) is 8.17 Å². The number of hydrogen-bond acceptors (Lipinski definition) is 1. The average molecular weight is 849 g/mol. The lowest BCUT2D eigenvalue weighted by Gasteiger charge is -2.28. The van der Waals surface area contributed by atoms with Gasteiger partial charge in [0.25, 0.3) is 0 Å². The maximum Gasteiger partial charge on any atom is 0.0538 e. The van der Waals surface area contributed by atoms with Crippen LogP contribution in [0, 0.1) is 0 Å². The van der Waals surface area contributed by atoms with Crippen LogP contribution in [0.15, 0.2) is 225 Å². The maximum absolute atomic E-state index is 4.34. The summed E-state index contributed by atoms with van der Waals surface area (Å²) >= 11 is 0. The van der Waals surface area contributed by atoms with Crippen molar-refractivity contribution in [2.75, 3.05) is 4.90 Å². The van der Waals surface area contributed by atoms with Crippen LogP contribution >= 0.6 is 0 Å². The minimum Gasteiger partial charge on any atom is -0.313 e. The maximum atomic E-state index is 4.34. The molecule has 0 unspecified atom stereocenters. The van der Waals surface area contributed by atoms with E-state index in [2.05, 4.69) is 236 Å². The molecule has 0 saturated heterocycles. The van der Waals surface area contributed by atoms with Crippen LogP contribution in [-0.4, -0.2) is 4.57 Å². The molecule has 8 aromatic carbocycles. The second kappa shape index (κ2) is 16.9. The zero-order valence-electron chi connectivity index (χ0n) is 37.9. The normalized spacial score (nSPS) is 13.7. The number of rotatable bonds is 10. The van der Waals surface area contributed by atoms with Gasteiger partial charge in [0.1, 0.15) is 0 Å². The lowest BCUT2D eigenvalue weighted by atomic mass is 9.81. The van der Waals surface area contributed by atoms with Crippen molar-refractivity contribution in [3.8, 4) is 39.1 Å². The number of aromatic nitrogens is 1. The van der Waals surface area contributed by atoms with Gasteiger partial charge in [-0.15, -0.1) is 0 Å². The van der Waals surface area contributed by atoms with Crippen molar-refractivity contribution in [2.45, 2.75) is 39.0 Å². The highest BCUT2D eigenvalue weighted by atomic mass is 15.1. The zero-order valence-corrected chi connectivity index (χ0v) is 37.9. The Hall–Kier alpha value is -7.94. The second-order valence-corrected chi connectivity index (χ2v) is 18.1. The fraction of sp³-hybridized carbons (Fsp3) is 0.0938. The van der Waals surface area contributed by atoms with Crippen molar-refractivity contribution in [2.24, 2.45) is 0 Å². The lowest BCUT2D eigenvalue weighted by Crippen LogP contribution is -2.16. The van der Waals surface area contributed by atoms with Gasteiger partial charge in [-0.05, 0) is 159 Å². The first-order valence-electron chi connectivity index (χ1n) is 23.2. The first-order valence-corrected chi connectivity index (χ1v) is 23.2. The van der Waals surface area contributed by atoms with Crippen LogP contribution in [0.1, 0.15) is 60.7 Å². The summed E-state index contributed by atoms with van der Waals surface area (Å²) < 4.78 is 2.49. The molecule has 2 nitrogen and oxygen atoms in total. The van der Waals surface area contributed by atoms with E-state index in [0.29, 0.717) is 0 Å². The highest BCUT2D eigenvalue weighted by Gasteiger charge is 2.36. The van der Waals surface area contributed by atoms with Gasteiger partial charge in [0, 0.05) is 44.8 Å². The molecule has 1 aromatic heterocycles. The van der Waals surface area contributed by atoms with E-state index in [1.807, 2.05) is 25.2 Å². The Morgan fingerprint density at radius 3 is 1.80 bits per heavy atom. The minimum absolute atomic E-state index is 0.229. The van der Waals surface area contributed by atoms with Crippen molar-refractivity contribution in [3.63, 3.8) is 0 Å². The largest absolute Gasteiger partial charge is 0.313 e. The van der Waals surface area contributed by atoms with E-state index in [0.717, 1.165) is 41.0 Å². The molecule has 66 heavy (non-hydrogen) atoms. The number of para-hydroxylation sites is 1. The predicted molar refractivity (Wildman–Crippen MR) is 282 cm³/mol. The molecular weight excluding hydrogens is 797 g/mol. The number of allylic oxidation sites excluding steroid dienone is 6. The molecule has 0 atom stereocenters. The minimum atomic E-state index is -0.229. The highest BCUT2D eigenvalue weighted by molar-refractivity contribution is 6.01. The summed E-state index contributed by atoms with van der Waals surface area (Å²) in [4.78, 5) is 2.39. The van der Waals surface area contributed by atoms with Crippen LogP contribution < -0.4 is 4.90 Å². The van der Waals surface area contributed by atoms with Crippen molar-refractivity contribution >= 4 is 45.2 Å². The smallest absolute Gasteiger partial charge is 0.0538 e. The molecular formula is C64H52N2. The van der Waals surface area contributed by atoms with Gasteiger partial charge in [-0.2, -0.15) is 0 Å². The van der Waals surface area contributed by atoms with Gasteiger partial charge in [0.15, 0.2) is 0 Å². The highest BCUT2D eigenvalue weighted by Crippen LogP contribution is 2.52. The summed E-state index contributed by atoms with van der Waals surface area (Å²) in [5.74, 6) is 0. The van der Waals surface area contributed by atoms with Gasteiger partial charge in [0.2, 0.25) is 0 Å². The Kier molecular flexibility index (Phi) is 10.4. The molecule has 0 bridgehead atoms. The fourth-order valence-electron chi connectivity index (χ4n) is 10.3. The molecule has 2 heteroatoms. The molecule has 0 N–H and O–H groups in total. The quantitative estimate of drug-likeness (QED) is 0.125. The molecule has 0 fully saturated rings. The standard InChI is InChI=1S/C64H52N2/c1-5-6-10-17-44(2)45-24-31-53(32-25-45)65(54-33-26-48(27-34-54)46-18-11-7-12-19-46)55-35-37-57-56-36-28-51(42-60(56)64(3,4)61(57)43-55)50-30-39-63-59(41-50)58-40-49(47-20-13-8-14-21-47)29-38-62(58)66(63)52-22-15-9-16-23-52/h5-28,30-37,39-43H,2,29,38H2,1,3-4H3/b6-5-,17-10-. The number of anilines is 3. The van der Waals surface area contributed by atoms with Crippen molar-refractivity contribution in [1.82, 2.24) is 4.57 Å². The Balaban J connectivity index is 0.975. The average Bonchev–Trinajstić information content (AvgIpc) is 3.81. The van der Waals surface area contributed by atoms with E-state index in [4.69, 9.17) is 0 Å². The molecule has 9 aromatic rings. The van der Waals surface area contributed by atoms with Gasteiger partial charge >= 0.3 is 0 Å². The van der Waals surface area contributed by atoms with Crippen LogP contribution in [0.3, 0.4) is 0 Å². The van der Waals surface area contributed by atoms with Crippen LogP contribution in [0.5, 0.6) is 0 Å². The van der Waals surface area contributed by atoms with Crippen LogP contribution in [0.25, 0.3) is 67.2 Å². The van der Waals surface area contributed by atoms with Gasteiger partial charge in [0.05, 0.1) is 5.52 Å². The SMILES string of the molecule is C=C(/C=C\C=C/C)c1ccc(N(c2ccc(-c3ccccc3)cc2)c2ccc3c(c2)C(C)(C)c2cc(-c4ccc5c(c4)c4c(n5-c5ccccc5)CCC(c5ccccc5)=C4)ccc2-3)cc1. The summed E-state index contributed by atoms with van der Waals surface area (Å²) in [6.45, 7) is 11.1. The Morgan fingerprint density at radius 1 is 0.545 bits per heavy atom. The molecule has 318 valence electrons. The van der Waals surface area contributed by atoms with Crippen LogP contribution in [0.2, 0.25) is 0 Å². The predicted octanol–water partition coefficient (Wildman–Crippen LogP) is 17.4. The van der Waals surface area contributed by atoms with Crippen molar-refractivity contribution < 1.29 is 0 Å². The Bertz CT molecular complexity index is 3360. The number of fused-ring (bicyclic) bond motifs is 6. The summed E-state index contributed by atoms with van der Waals surface area (Å²) in [5.41, 5.74) is 23.2. The van der Waals surface area contributed by atoms with E-state index in [1.165, 1.54) is 83.5 Å². The lowest BCUT2D eigenvalue weighted by molar-refractivity contribution is 0.660. The molecule has 2 aliphatic rings. The molecule has 1 heterocycles. The molecule has 0 aliphatic heterocycles. The van der Waals surface area contributed by atoms with Crippen molar-refractivity contribution in [3.05, 3.63) is 259 Å². The first-order chi connectivity index (χ1) is 32.4. The third-order valence-corrected chi connectivity index (χ3v) is 13.8. The molecule has 0 saturated carbocycles. The summed E-state index contributed by atoms with van der Waals surface area (Å²) in [6, 6.07) is 71.4. The number of benzene rings is 8. The van der Waals surface area contributed by atoms with E-state index >= 15 is 0 Å². The Labute approximate surface area is 389 Å². The van der Waals surface area contributed by atoms with Gasteiger partial charge in [-0.1, -0.05) is 172 Å². The van der Waals surface area contributed by atoms with E-state index < -0.39 is 0 Å². The third kappa shape index (κ3) is 7.25. The van der Waals surface area contributed by atoms with Crippen LogP contribution in [0.4, 0.5) is 17.1 Å². The van der Waals surface area contributed by atoms with E-state index in [-0.39, 0.29) is 5.41 Å². The summed E-state index contributed by atoms with van der Waals surface area (Å²) in [7, 11) is 0. The molecule has 2 aliphatic carbocycles.